The third-order valence-electron chi connectivity index (χ3n) is 5.03. The predicted octanol–water partition coefficient (Wildman–Crippen LogP) is 3.77. The van der Waals surface area contributed by atoms with Gasteiger partial charge in [0.15, 0.2) is 5.96 Å². The molecule has 0 saturated carbocycles. The van der Waals surface area contributed by atoms with Crippen molar-refractivity contribution in [3.8, 4) is 0 Å². The largest absolute Gasteiger partial charge is 0.354 e. The Bertz CT molecular complexity index is 755. The van der Waals surface area contributed by atoms with Crippen LogP contribution in [0.15, 0.2) is 40.7 Å². The van der Waals surface area contributed by atoms with Gasteiger partial charge in [-0.2, -0.15) is 0 Å². The minimum atomic E-state index is 0.108. The molecule has 1 saturated heterocycles. The summed E-state index contributed by atoms with van der Waals surface area (Å²) in [5.41, 5.74) is 2.58. The molecule has 1 aromatic carbocycles. The van der Waals surface area contributed by atoms with E-state index in [1.165, 1.54) is 10.6 Å². The molecule has 3 rings (SSSR count). The lowest BCUT2D eigenvalue weighted by Crippen LogP contribution is -2.48. The maximum atomic E-state index is 4.75. The Morgan fingerprint density at radius 3 is 2.54 bits per heavy atom. The van der Waals surface area contributed by atoms with Crippen LogP contribution in [0.5, 0.6) is 0 Å². The summed E-state index contributed by atoms with van der Waals surface area (Å²) >= 11 is 1.74. The zero-order valence-corrected chi connectivity index (χ0v) is 18.4. The smallest absolute Gasteiger partial charge is 0.191 e. The van der Waals surface area contributed by atoms with E-state index >= 15 is 0 Å². The number of likely N-dealkylation sites (tertiary alicyclic amines) is 1. The van der Waals surface area contributed by atoms with Crippen molar-refractivity contribution in [3.05, 3.63) is 52.0 Å². The van der Waals surface area contributed by atoms with Crippen molar-refractivity contribution < 1.29 is 0 Å². The second-order valence-electron chi connectivity index (χ2n) is 8.50. The molecule has 0 aliphatic carbocycles. The predicted molar refractivity (Wildman–Crippen MR) is 119 cm³/mol. The number of hydrogen-bond donors (Lipinski definition) is 2. The molecule has 1 aliphatic rings. The normalized spacial score (nSPS) is 16.9. The van der Waals surface area contributed by atoms with Crippen molar-refractivity contribution in [1.29, 1.82) is 0 Å². The summed E-state index contributed by atoms with van der Waals surface area (Å²) in [5, 5.41) is 10.3. The standard InChI is InChI=1S/C22H33N5S/c1-22(2,3)20-25-19(16-28-20)14-24-21(23-4)26-18-10-12-27(13-11-18)15-17-8-6-5-7-9-17/h5-9,16,18H,10-15H2,1-4H3,(H2,23,24,26). The third kappa shape index (κ3) is 6.04. The Hall–Kier alpha value is -1.92. The number of hydrogen-bond acceptors (Lipinski definition) is 4. The summed E-state index contributed by atoms with van der Waals surface area (Å²) in [6, 6.07) is 11.2. The molecule has 6 heteroatoms. The van der Waals surface area contributed by atoms with Gasteiger partial charge in [-0.05, 0) is 18.4 Å². The molecule has 2 aromatic rings. The van der Waals surface area contributed by atoms with E-state index in [0.717, 1.165) is 44.1 Å². The van der Waals surface area contributed by atoms with Gasteiger partial charge in [-0.3, -0.25) is 9.89 Å². The molecule has 2 heterocycles. The van der Waals surface area contributed by atoms with Crippen LogP contribution >= 0.6 is 11.3 Å². The summed E-state index contributed by atoms with van der Waals surface area (Å²) in [6.45, 7) is 10.6. The van der Waals surface area contributed by atoms with Crippen LogP contribution in [-0.4, -0.2) is 42.0 Å². The molecule has 0 amide bonds. The minimum Gasteiger partial charge on any atom is -0.354 e. The number of aromatic nitrogens is 1. The average molecular weight is 400 g/mol. The molecule has 1 aliphatic heterocycles. The van der Waals surface area contributed by atoms with Gasteiger partial charge < -0.3 is 10.6 Å². The van der Waals surface area contributed by atoms with Gasteiger partial charge in [-0.25, -0.2) is 4.98 Å². The Balaban J connectivity index is 1.42. The van der Waals surface area contributed by atoms with E-state index in [4.69, 9.17) is 4.98 Å². The number of piperidine rings is 1. The van der Waals surface area contributed by atoms with Gasteiger partial charge in [0.05, 0.1) is 17.2 Å². The number of nitrogens with one attached hydrogen (secondary N) is 2. The number of guanidine groups is 1. The highest BCUT2D eigenvalue weighted by Gasteiger charge is 2.21. The molecule has 5 nitrogen and oxygen atoms in total. The molecular formula is C22H33N5S. The van der Waals surface area contributed by atoms with Crippen LogP contribution < -0.4 is 10.6 Å². The molecule has 0 spiro atoms. The van der Waals surface area contributed by atoms with Gasteiger partial charge >= 0.3 is 0 Å². The Labute approximate surface area is 173 Å². The van der Waals surface area contributed by atoms with E-state index in [1.54, 1.807) is 11.3 Å². The third-order valence-corrected chi connectivity index (χ3v) is 6.35. The van der Waals surface area contributed by atoms with Gasteiger partial charge in [-0.15, -0.1) is 11.3 Å². The average Bonchev–Trinajstić information content (AvgIpc) is 3.17. The van der Waals surface area contributed by atoms with E-state index in [0.29, 0.717) is 12.6 Å². The van der Waals surface area contributed by atoms with Crippen LogP contribution in [-0.2, 0) is 18.5 Å². The number of thiazole rings is 1. The monoisotopic (exact) mass is 399 g/mol. The van der Waals surface area contributed by atoms with Crippen LogP contribution in [0.4, 0.5) is 0 Å². The van der Waals surface area contributed by atoms with Gasteiger partial charge in [0, 0.05) is 43.5 Å². The molecule has 1 aromatic heterocycles. The number of nitrogens with zero attached hydrogens (tertiary/aromatic N) is 3. The quantitative estimate of drug-likeness (QED) is 0.594. The van der Waals surface area contributed by atoms with Gasteiger partial charge in [-0.1, -0.05) is 51.1 Å². The van der Waals surface area contributed by atoms with Crippen molar-refractivity contribution in [3.63, 3.8) is 0 Å². The van der Waals surface area contributed by atoms with Crippen molar-refractivity contribution in [2.24, 2.45) is 4.99 Å². The first-order valence-corrected chi connectivity index (χ1v) is 11.0. The minimum absolute atomic E-state index is 0.108. The fourth-order valence-corrected chi connectivity index (χ4v) is 4.28. The van der Waals surface area contributed by atoms with E-state index in [2.05, 4.69) is 77.0 Å². The first-order valence-electron chi connectivity index (χ1n) is 10.1. The van der Waals surface area contributed by atoms with Crippen molar-refractivity contribution in [2.45, 2.75) is 58.2 Å². The lowest BCUT2D eigenvalue weighted by atomic mass is 9.98. The lowest BCUT2D eigenvalue weighted by molar-refractivity contribution is 0.198. The van der Waals surface area contributed by atoms with Crippen LogP contribution in [0.3, 0.4) is 0 Å². The highest BCUT2D eigenvalue weighted by Crippen LogP contribution is 2.25. The Morgan fingerprint density at radius 1 is 1.21 bits per heavy atom. The van der Waals surface area contributed by atoms with Crippen molar-refractivity contribution >= 4 is 17.3 Å². The zero-order valence-electron chi connectivity index (χ0n) is 17.5. The van der Waals surface area contributed by atoms with Crippen LogP contribution in [0, 0.1) is 0 Å². The molecule has 1 fully saturated rings. The first kappa shape index (κ1) is 20.8. The number of aliphatic imine (C=N–C) groups is 1. The number of rotatable bonds is 5. The molecular weight excluding hydrogens is 366 g/mol. The highest BCUT2D eigenvalue weighted by atomic mass is 32.1. The first-order chi connectivity index (χ1) is 13.4. The van der Waals surface area contributed by atoms with E-state index in [9.17, 15) is 0 Å². The fraction of sp³-hybridized carbons (Fsp3) is 0.545. The molecule has 0 atom stereocenters. The van der Waals surface area contributed by atoms with Gasteiger partial charge in [0.2, 0.25) is 0 Å². The van der Waals surface area contributed by atoms with Crippen LogP contribution in [0.2, 0.25) is 0 Å². The maximum absolute atomic E-state index is 4.75. The SMILES string of the molecule is CN=C(NCc1csc(C(C)(C)C)n1)NC1CCN(Cc2ccccc2)CC1. The van der Waals surface area contributed by atoms with Crippen LogP contribution in [0.25, 0.3) is 0 Å². The summed E-state index contributed by atoms with van der Waals surface area (Å²) in [5.74, 6) is 0.867. The maximum Gasteiger partial charge on any atom is 0.191 e. The van der Waals surface area contributed by atoms with Crippen molar-refractivity contribution in [2.75, 3.05) is 20.1 Å². The Kier molecular flexibility index (Phi) is 7.08. The van der Waals surface area contributed by atoms with Crippen LogP contribution in [0.1, 0.15) is 49.9 Å². The molecule has 0 unspecified atom stereocenters. The summed E-state index contributed by atoms with van der Waals surface area (Å²) in [6.07, 6.45) is 2.27. The second-order valence-corrected chi connectivity index (χ2v) is 9.36. The van der Waals surface area contributed by atoms with Gasteiger partial charge in [0.25, 0.3) is 0 Å². The number of benzene rings is 1. The molecule has 28 heavy (non-hydrogen) atoms. The molecule has 0 bridgehead atoms. The lowest BCUT2D eigenvalue weighted by Gasteiger charge is -2.33. The summed E-state index contributed by atoms with van der Waals surface area (Å²) in [7, 11) is 1.83. The fourth-order valence-electron chi connectivity index (χ4n) is 3.37. The van der Waals surface area contributed by atoms with E-state index < -0.39 is 0 Å². The second kappa shape index (κ2) is 9.52. The zero-order chi connectivity index (χ0) is 20.0. The van der Waals surface area contributed by atoms with Crippen molar-refractivity contribution in [1.82, 2.24) is 20.5 Å². The van der Waals surface area contributed by atoms with E-state index in [1.807, 2.05) is 7.05 Å². The van der Waals surface area contributed by atoms with E-state index in [-0.39, 0.29) is 5.41 Å². The summed E-state index contributed by atoms with van der Waals surface area (Å²) in [4.78, 5) is 11.7. The molecule has 2 N–H and O–H groups in total. The Morgan fingerprint density at radius 2 is 1.93 bits per heavy atom. The highest BCUT2D eigenvalue weighted by molar-refractivity contribution is 7.09. The summed E-state index contributed by atoms with van der Waals surface area (Å²) < 4.78 is 0. The molecule has 0 radical (unpaired) electrons. The topological polar surface area (TPSA) is 52.6 Å². The molecule has 152 valence electrons. The van der Waals surface area contributed by atoms with Gasteiger partial charge in [0.1, 0.15) is 0 Å².